The van der Waals surface area contributed by atoms with Crippen molar-refractivity contribution >= 4 is 17.7 Å². The van der Waals surface area contributed by atoms with Crippen molar-refractivity contribution in [2.75, 3.05) is 6.61 Å². The van der Waals surface area contributed by atoms with Crippen molar-refractivity contribution in [2.45, 2.75) is 61.0 Å². The largest absolute Gasteiger partial charge is 0.465 e. The van der Waals surface area contributed by atoms with Gasteiger partial charge in [0.05, 0.1) is 6.61 Å². The van der Waals surface area contributed by atoms with E-state index in [-0.39, 0.29) is 5.97 Å². The summed E-state index contributed by atoms with van der Waals surface area (Å²) in [6, 6.07) is 2.31. The van der Waals surface area contributed by atoms with Crippen LogP contribution in [0.5, 0.6) is 0 Å². The van der Waals surface area contributed by atoms with Gasteiger partial charge in [0.15, 0.2) is 5.16 Å². The molecule has 3 rings (SSSR count). The quantitative estimate of drug-likeness (QED) is 0.642. The normalized spacial score (nSPS) is 28.5. The number of hydrogen-bond acceptors (Lipinski definition) is 6. The maximum Gasteiger partial charge on any atom is 0.326 e. The number of hydrogen-bond donors (Lipinski definition) is 1. The smallest absolute Gasteiger partial charge is 0.326 e. The summed E-state index contributed by atoms with van der Waals surface area (Å²) in [5.41, 5.74) is -0.496. The molecule has 2 atom stereocenters. The molecule has 5 nitrogen and oxygen atoms in total. The molecule has 0 spiro atoms. The van der Waals surface area contributed by atoms with Gasteiger partial charge in [-0.25, -0.2) is 9.97 Å². The summed E-state index contributed by atoms with van der Waals surface area (Å²) in [6.45, 7) is 2.30. The Morgan fingerprint density at radius 1 is 1.43 bits per heavy atom. The second-order valence-corrected chi connectivity index (χ2v) is 7.00. The Hall–Kier alpha value is -1.14. The fraction of sp³-hybridized carbons (Fsp3) is 0.667. The number of aromatic nitrogens is 2. The summed E-state index contributed by atoms with van der Waals surface area (Å²) in [6.07, 6.45) is 8.47. The van der Waals surface area contributed by atoms with Crippen LogP contribution in [0.25, 0.3) is 0 Å². The lowest BCUT2D eigenvalue weighted by Gasteiger charge is -2.28. The molecule has 0 aliphatic heterocycles. The fourth-order valence-corrected chi connectivity index (χ4v) is 4.00. The summed E-state index contributed by atoms with van der Waals surface area (Å²) >= 11 is 1.67. The molecule has 0 radical (unpaired) electrons. The molecular formula is C15H21N3O2S. The standard InChI is InChI=1S/C15H21N3O2S/c1-2-20-13(19)15(18-11-4-5-11)7-6-12(10-15)21-14-16-8-3-9-17-14/h3,8-9,11-12,18H,2,4-7,10H2,1H3. The molecule has 1 aromatic heterocycles. The SMILES string of the molecule is CCOC(=O)C1(NC2CC2)CCC(Sc2ncccn2)C1. The minimum Gasteiger partial charge on any atom is -0.465 e. The van der Waals surface area contributed by atoms with E-state index >= 15 is 0 Å². The third-order valence-corrected chi connectivity index (χ3v) is 5.16. The lowest BCUT2D eigenvalue weighted by molar-refractivity contribution is -0.151. The lowest BCUT2D eigenvalue weighted by Crippen LogP contribution is -2.52. The Morgan fingerprint density at radius 3 is 2.86 bits per heavy atom. The van der Waals surface area contributed by atoms with Gasteiger partial charge in [-0.3, -0.25) is 10.1 Å². The van der Waals surface area contributed by atoms with E-state index < -0.39 is 5.54 Å². The van der Waals surface area contributed by atoms with Crippen LogP contribution in [0.3, 0.4) is 0 Å². The van der Waals surface area contributed by atoms with E-state index in [2.05, 4.69) is 15.3 Å². The van der Waals surface area contributed by atoms with Crippen molar-refractivity contribution in [1.29, 1.82) is 0 Å². The molecule has 6 heteroatoms. The lowest BCUT2D eigenvalue weighted by atomic mass is 9.97. The maximum absolute atomic E-state index is 12.4. The first-order valence-corrected chi connectivity index (χ1v) is 8.48. The number of carbonyl (C=O) groups excluding carboxylic acids is 1. The van der Waals surface area contributed by atoms with Gasteiger partial charge < -0.3 is 4.74 Å². The molecule has 0 amide bonds. The highest BCUT2D eigenvalue weighted by molar-refractivity contribution is 7.99. The van der Waals surface area contributed by atoms with Gasteiger partial charge >= 0.3 is 5.97 Å². The van der Waals surface area contributed by atoms with E-state index in [0.717, 1.165) is 24.4 Å². The predicted molar refractivity (Wildman–Crippen MR) is 81.0 cm³/mol. The monoisotopic (exact) mass is 307 g/mol. The van der Waals surface area contributed by atoms with Crippen molar-refractivity contribution in [3.05, 3.63) is 18.5 Å². The van der Waals surface area contributed by atoms with Crippen molar-refractivity contribution in [2.24, 2.45) is 0 Å². The zero-order valence-electron chi connectivity index (χ0n) is 12.2. The number of esters is 1. The van der Waals surface area contributed by atoms with Crippen LogP contribution in [0, 0.1) is 0 Å². The molecule has 2 saturated carbocycles. The van der Waals surface area contributed by atoms with Gasteiger partial charge in [0.1, 0.15) is 5.54 Å². The van der Waals surface area contributed by atoms with E-state index in [1.807, 2.05) is 13.0 Å². The molecule has 2 fully saturated rings. The van der Waals surface area contributed by atoms with Crippen LogP contribution in [0.4, 0.5) is 0 Å². The van der Waals surface area contributed by atoms with E-state index in [9.17, 15) is 4.79 Å². The molecule has 2 aliphatic carbocycles. The van der Waals surface area contributed by atoms with Crippen LogP contribution < -0.4 is 5.32 Å². The predicted octanol–water partition coefficient (Wildman–Crippen LogP) is 2.18. The van der Waals surface area contributed by atoms with Crippen LogP contribution in [-0.4, -0.2) is 39.4 Å². The van der Waals surface area contributed by atoms with Crippen LogP contribution in [0.15, 0.2) is 23.6 Å². The highest BCUT2D eigenvalue weighted by Gasteiger charge is 2.49. The zero-order valence-corrected chi connectivity index (χ0v) is 13.1. The molecule has 0 bridgehead atoms. The molecule has 0 aromatic carbocycles. The second-order valence-electron chi connectivity index (χ2n) is 5.74. The van der Waals surface area contributed by atoms with E-state index in [0.29, 0.717) is 17.9 Å². The highest BCUT2D eigenvalue weighted by atomic mass is 32.2. The Kier molecular flexibility index (Phi) is 4.45. The van der Waals surface area contributed by atoms with Gasteiger partial charge in [0.2, 0.25) is 0 Å². The summed E-state index contributed by atoms with van der Waals surface area (Å²) in [4.78, 5) is 20.9. The third-order valence-electron chi connectivity index (χ3n) is 4.01. The first-order chi connectivity index (χ1) is 10.2. The van der Waals surface area contributed by atoms with Crippen molar-refractivity contribution < 1.29 is 9.53 Å². The average Bonchev–Trinajstić information content (AvgIpc) is 3.20. The van der Waals surface area contributed by atoms with Crippen LogP contribution >= 0.6 is 11.8 Å². The van der Waals surface area contributed by atoms with Crippen LogP contribution in [0.2, 0.25) is 0 Å². The number of nitrogens with zero attached hydrogens (tertiary/aromatic N) is 2. The summed E-state index contributed by atoms with van der Waals surface area (Å²) in [7, 11) is 0. The van der Waals surface area contributed by atoms with Gasteiger partial charge in [-0.05, 0) is 45.1 Å². The number of ether oxygens (including phenoxy) is 1. The number of carbonyl (C=O) groups is 1. The molecule has 2 aliphatic rings. The van der Waals surface area contributed by atoms with E-state index in [1.54, 1.807) is 24.2 Å². The number of thioether (sulfide) groups is 1. The Balaban J connectivity index is 1.66. The first kappa shape index (κ1) is 14.8. The molecule has 114 valence electrons. The van der Waals surface area contributed by atoms with Gasteiger partial charge in [0, 0.05) is 23.7 Å². The van der Waals surface area contributed by atoms with Crippen LogP contribution in [0.1, 0.15) is 39.0 Å². The average molecular weight is 307 g/mol. The molecule has 21 heavy (non-hydrogen) atoms. The highest BCUT2D eigenvalue weighted by Crippen LogP contribution is 2.41. The van der Waals surface area contributed by atoms with Gasteiger partial charge in [0.25, 0.3) is 0 Å². The minimum absolute atomic E-state index is 0.0889. The number of rotatable bonds is 6. The first-order valence-electron chi connectivity index (χ1n) is 7.60. The Morgan fingerprint density at radius 2 is 2.19 bits per heavy atom. The molecule has 2 unspecified atom stereocenters. The van der Waals surface area contributed by atoms with E-state index in [4.69, 9.17) is 4.74 Å². The molecule has 1 heterocycles. The topological polar surface area (TPSA) is 64.1 Å². The summed E-state index contributed by atoms with van der Waals surface area (Å²) in [5.74, 6) is -0.0889. The van der Waals surface area contributed by atoms with Gasteiger partial charge in [-0.15, -0.1) is 0 Å². The van der Waals surface area contributed by atoms with E-state index in [1.165, 1.54) is 12.8 Å². The molecule has 1 N–H and O–H groups in total. The number of nitrogens with one attached hydrogen (secondary N) is 1. The Bertz CT molecular complexity index is 495. The fourth-order valence-electron chi connectivity index (χ4n) is 2.86. The molecule has 1 aromatic rings. The van der Waals surface area contributed by atoms with Crippen LogP contribution in [-0.2, 0) is 9.53 Å². The minimum atomic E-state index is -0.496. The van der Waals surface area contributed by atoms with Gasteiger partial charge in [-0.1, -0.05) is 11.8 Å². The maximum atomic E-state index is 12.4. The summed E-state index contributed by atoms with van der Waals surface area (Å²) < 4.78 is 5.31. The second kappa shape index (κ2) is 6.32. The molecular weight excluding hydrogens is 286 g/mol. The van der Waals surface area contributed by atoms with Gasteiger partial charge in [-0.2, -0.15) is 0 Å². The van der Waals surface area contributed by atoms with Crippen molar-refractivity contribution in [3.8, 4) is 0 Å². The Labute approximate surface area is 129 Å². The van der Waals surface area contributed by atoms with Crippen molar-refractivity contribution in [1.82, 2.24) is 15.3 Å². The zero-order chi connectivity index (χ0) is 14.7. The third kappa shape index (κ3) is 3.55. The summed E-state index contributed by atoms with van der Waals surface area (Å²) in [5, 5.41) is 4.69. The molecule has 0 saturated heterocycles. The van der Waals surface area contributed by atoms with Crippen molar-refractivity contribution in [3.63, 3.8) is 0 Å².